The number of nitrogens with zero attached hydrogens (tertiary/aromatic N) is 2. The SMILES string of the molecule is CCCN(C)C(=O)C(Cc1ccc(OCc2ccncc2)cc1)NC(=O)CC. The number of ether oxygens (including phenoxy) is 1. The molecule has 28 heavy (non-hydrogen) atoms. The molecule has 150 valence electrons. The number of rotatable bonds is 10. The predicted octanol–water partition coefficient (Wildman–Crippen LogP) is 2.97. The van der Waals surface area contributed by atoms with Crippen LogP contribution in [0.1, 0.15) is 37.8 Å². The van der Waals surface area contributed by atoms with E-state index in [0.717, 1.165) is 23.3 Å². The van der Waals surface area contributed by atoms with E-state index >= 15 is 0 Å². The molecule has 1 N–H and O–H groups in total. The number of carbonyl (C=O) groups is 2. The summed E-state index contributed by atoms with van der Waals surface area (Å²) in [7, 11) is 1.77. The normalized spacial score (nSPS) is 11.5. The first-order valence-corrected chi connectivity index (χ1v) is 9.68. The molecule has 2 aromatic rings. The molecule has 0 radical (unpaired) electrons. The van der Waals surface area contributed by atoms with E-state index in [1.165, 1.54) is 0 Å². The Kier molecular flexibility index (Phi) is 8.46. The third kappa shape index (κ3) is 6.68. The van der Waals surface area contributed by atoms with E-state index in [2.05, 4.69) is 10.3 Å². The first-order valence-electron chi connectivity index (χ1n) is 9.68. The number of benzene rings is 1. The summed E-state index contributed by atoms with van der Waals surface area (Å²) >= 11 is 0. The molecular weight excluding hydrogens is 354 g/mol. The van der Waals surface area contributed by atoms with Crippen LogP contribution in [0.3, 0.4) is 0 Å². The van der Waals surface area contributed by atoms with Crippen LogP contribution in [-0.4, -0.2) is 41.3 Å². The molecule has 6 heteroatoms. The van der Waals surface area contributed by atoms with Crippen molar-refractivity contribution in [2.75, 3.05) is 13.6 Å². The number of amides is 2. The van der Waals surface area contributed by atoms with Gasteiger partial charge in [0.2, 0.25) is 11.8 Å². The summed E-state index contributed by atoms with van der Waals surface area (Å²) in [6, 6.07) is 10.9. The van der Waals surface area contributed by atoms with Crippen molar-refractivity contribution in [3.8, 4) is 5.75 Å². The first kappa shape index (κ1) is 21.4. The minimum atomic E-state index is -0.562. The highest BCUT2D eigenvalue weighted by atomic mass is 16.5. The third-order valence-corrected chi connectivity index (χ3v) is 4.41. The molecule has 0 bridgehead atoms. The molecule has 0 saturated heterocycles. The van der Waals surface area contributed by atoms with Crippen LogP contribution in [0.2, 0.25) is 0 Å². The van der Waals surface area contributed by atoms with Crippen molar-refractivity contribution >= 4 is 11.8 Å². The zero-order valence-corrected chi connectivity index (χ0v) is 16.9. The molecule has 6 nitrogen and oxygen atoms in total. The van der Waals surface area contributed by atoms with Gasteiger partial charge in [0.05, 0.1) is 0 Å². The summed E-state index contributed by atoms with van der Waals surface area (Å²) in [6.07, 6.45) is 5.14. The number of likely N-dealkylation sites (N-methyl/N-ethyl adjacent to an activating group) is 1. The Morgan fingerprint density at radius 3 is 2.36 bits per heavy atom. The average Bonchev–Trinajstić information content (AvgIpc) is 2.73. The van der Waals surface area contributed by atoms with Gasteiger partial charge in [-0.05, 0) is 41.8 Å². The Balaban J connectivity index is 2.00. The summed E-state index contributed by atoms with van der Waals surface area (Å²) in [5, 5.41) is 2.85. The number of carbonyl (C=O) groups excluding carboxylic acids is 2. The van der Waals surface area contributed by atoms with Crippen molar-refractivity contribution in [3.63, 3.8) is 0 Å². The van der Waals surface area contributed by atoms with Crippen LogP contribution in [0.15, 0.2) is 48.8 Å². The van der Waals surface area contributed by atoms with Crippen LogP contribution in [0, 0.1) is 0 Å². The van der Waals surface area contributed by atoms with E-state index < -0.39 is 6.04 Å². The van der Waals surface area contributed by atoms with Gasteiger partial charge in [0.15, 0.2) is 0 Å². The van der Waals surface area contributed by atoms with Crippen molar-refractivity contribution in [1.29, 1.82) is 0 Å². The third-order valence-electron chi connectivity index (χ3n) is 4.41. The lowest BCUT2D eigenvalue weighted by molar-refractivity contribution is -0.135. The Morgan fingerprint density at radius 1 is 1.07 bits per heavy atom. The first-order chi connectivity index (χ1) is 13.5. The van der Waals surface area contributed by atoms with Crippen LogP contribution in [0.5, 0.6) is 5.75 Å². The van der Waals surface area contributed by atoms with Gasteiger partial charge in [-0.1, -0.05) is 26.0 Å². The van der Waals surface area contributed by atoms with Crippen molar-refractivity contribution in [1.82, 2.24) is 15.2 Å². The Hall–Kier alpha value is -2.89. The Morgan fingerprint density at radius 2 is 1.75 bits per heavy atom. The van der Waals surface area contributed by atoms with E-state index in [4.69, 9.17) is 4.74 Å². The summed E-state index contributed by atoms with van der Waals surface area (Å²) in [6.45, 7) is 4.94. The average molecular weight is 383 g/mol. The molecule has 0 aliphatic carbocycles. The number of nitrogens with one attached hydrogen (secondary N) is 1. The van der Waals surface area contributed by atoms with E-state index in [9.17, 15) is 9.59 Å². The fourth-order valence-electron chi connectivity index (χ4n) is 2.81. The molecule has 1 unspecified atom stereocenters. The molecule has 2 rings (SSSR count). The summed E-state index contributed by atoms with van der Waals surface area (Å²) in [5.41, 5.74) is 2.02. The quantitative estimate of drug-likeness (QED) is 0.685. The molecule has 0 spiro atoms. The maximum Gasteiger partial charge on any atom is 0.245 e. The molecular formula is C22H29N3O3. The monoisotopic (exact) mass is 383 g/mol. The van der Waals surface area contributed by atoms with Crippen molar-refractivity contribution < 1.29 is 14.3 Å². The van der Waals surface area contributed by atoms with E-state index in [1.54, 1.807) is 31.3 Å². The molecule has 1 aromatic carbocycles. The molecule has 0 saturated carbocycles. The lowest BCUT2D eigenvalue weighted by atomic mass is 10.0. The highest BCUT2D eigenvalue weighted by molar-refractivity contribution is 5.87. The molecule has 2 amide bonds. The largest absolute Gasteiger partial charge is 0.489 e. The maximum atomic E-state index is 12.7. The Labute approximate surface area is 166 Å². The molecule has 0 fully saturated rings. The minimum absolute atomic E-state index is 0.0679. The number of hydrogen-bond acceptors (Lipinski definition) is 4. The fourth-order valence-corrected chi connectivity index (χ4v) is 2.81. The highest BCUT2D eigenvalue weighted by Crippen LogP contribution is 2.16. The summed E-state index contributed by atoms with van der Waals surface area (Å²) in [5.74, 6) is 0.561. The van der Waals surface area contributed by atoms with Gasteiger partial charge in [0.1, 0.15) is 18.4 Å². The summed E-state index contributed by atoms with van der Waals surface area (Å²) < 4.78 is 5.78. The smallest absolute Gasteiger partial charge is 0.245 e. The van der Waals surface area contributed by atoms with Crippen LogP contribution in [-0.2, 0) is 22.6 Å². The van der Waals surface area contributed by atoms with Gasteiger partial charge in [-0.15, -0.1) is 0 Å². The van der Waals surface area contributed by atoms with Crippen LogP contribution in [0.25, 0.3) is 0 Å². The lowest BCUT2D eigenvalue weighted by Crippen LogP contribution is -2.48. The summed E-state index contributed by atoms with van der Waals surface area (Å²) in [4.78, 5) is 30.2. The van der Waals surface area contributed by atoms with Crippen molar-refractivity contribution in [3.05, 3.63) is 59.9 Å². The van der Waals surface area contributed by atoms with E-state index in [1.807, 2.05) is 43.3 Å². The van der Waals surface area contributed by atoms with Gasteiger partial charge in [-0.2, -0.15) is 0 Å². The number of hydrogen-bond donors (Lipinski definition) is 1. The molecule has 0 aliphatic rings. The molecule has 1 aromatic heterocycles. The second-order valence-corrected chi connectivity index (χ2v) is 6.73. The fraction of sp³-hybridized carbons (Fsp3) is 0.409. The topological polar surface area (TPSA) is 71.5 Å². The van der Waals surface area contributed by atoms with Gasteiger partial charge in [0.25, 0.3) is 0 Å². The van der Waals surface area contributed by atoms with Crippen molar-refractivity contribution in [2.24, 2.45) is 0 Å². The van der Waals surface area contributed by atoms with Crippen molar-refractivity contribution in [2.45, 2.75) is 45.8 Å². The molecule has 1 atom stereocenters. The van der Waals surface area contributed by atoms with Crippen LogP contribution < -0.4 is 10.1 Å². The Bertz CT molecular complexity index is 747. The molecule has 1 heterocycles. The van der Waals surface area contributed by atoms with E-state index in [-0.39, 0.29) is 11.8 Å². The minimum Gasteiger partial charge on any atom is -0.489 e. The predicted molar refractivity (Wildman–Crippen MR) is 109 cm³/mol. The second-order valence-electron chi connectivity index (χ2n) is 6.73. The number of aromatic nitrogens is 1. The van der Waals surface area contributed by atoms with Gasteiger partial charge in [-0.25, -0.2) is 0 Å². The van der Waals surface area contributed by atoms with Gasteiger partial charge < -0.3 is 15.0 Å². The molecule has 0 aliphatic heterocycles. The zero-order valence-electron chi connectivity index (χ0n) is 16.9. The van der Waals surface area contributed by atoms with Crippen LogP contribution >= 0.6 is 0 Å². The number of pyridine rings is 1. The van der Waals surface area contributed by atoms with Gasteiger partial charge >= 0.3 is 0 Å². The lowest BCUT2D eigenvalue weighted by Gasteiger charge is -2.24. The van der Waals surface area contributed by atoms with Gasteiger partial charge in [0, 0.05) is 38.8 Å². The maximum absolute atomic E-state index is 12.7. The van der Waals surface area contributed by atoms with Crippen LogP contribution in [0.4, 0.5) is 0 Å². The standard InChI is InChI=1S/C22H29N3O3/c1-4-14-25(3)22(27)20(24-21(26)5-2)15-17-6-8-19(9-7-17)28-16-18-10-12-23-13-11-18/h6-13,20H,4-5,14-16H2,1-3H3,(H,24,26). The second kappa shape index (κ2) is 11.1. The van der Waals surface area contributed by atoms with E-state index in [0.29, 0.717) is 26.0 Å². The zero-order chi connectivity index (χ0) is 20.4. The highest BCUT2D eigenvalue weighted by Gasteiger charge is 2.23. The van der Waals surface area contributed by atoms with Gasteiger partial charge in [-0.3, -0.25) is 14.6 Å².